The summed E-state index contributed by atoms with van der Waals surface area (Å²) < 4.78 is 0. The molecule has 3 amide bonds. The lowest BCUT2D eigenvalue weighted by Gasteiger charge is -2.34. The number of carbonyl (C=O) groups is 2. The molecular weight excluding hydrogens is 304 g/mol. The maximum absolute atomic E-state index is 12.3. The van der Waals surface area contributed by atoms with Crippen LogP contribution in [0.25, 0.3) is 0 Å². The Morgan fingerprint density at radius 2 is 1.96 bits per heavy atom. The van der Waals surface area contributed by atoms with E-state index in [0.29, 0.717) is 12.5 Å². The fourth-order valence-corrected chi connectivity index (χ4v) is 3.52. The standard InChI is InChI=1S/C18H26N4O2/c1-21(17(23)16-11-19-18(24)20-16)12-15-7-9-22(10-8-15)13-14-5-3-2-4-6-14/h2-6,15-16H,7-13H2,1H3,(H2,19,20,24)/t16-/m1/s1. The summed E-state index contributed by atoms with van der Waals surface area (Å²) in [5.41, 5.74) is 1.35. The molecule has 2 N–H and O–H groups in total. The van der Waals surface area contributed by atoms with Crippen LogP contribution in [0.4, 0.5) is 4.79 Å². The molecule has 0 spiro atoms. The molecule has 1 aromatic carbocycles. The van der Waals surface area contributed by atoms with Crippen molar-refractivity contribution in [2.45, 2.75) is 25.4 Å². The Labute approximate surface area is 143 Å². The van der Waals surface area contributed by atoms with E-state index >= 15 is 0 Å². The Morgan fingerprint density at radius 3 is 2.58 bits per heavy atom. The largest absolute Gasteiger partial charge is 0.344 e. The molecule has 2 saturated heterocycles. The van der Waals surface area contributed by atoms with Gasteiger partial charge in [-0.1, -0.05) is 30.3 Å². The molecule has 6 heteroatoms. The number of likely N-dealkylation sites (N-methyl/N-ethyl adjacent to an activating group) is 1. The SMILES string of the molecule is CN(CC1CCN(Cc2ccccc2)CC1)C(=O)[C@H]1CNC(=O)N1. The second kappa shape index (κ2) is 7.66. The number of nitrogens with one attached hydrogen (secondary N) is 2. The smallest absolute Gasteiger partial charge is 0.315 e. The number of likely N-dealkylation sites (tertiary alicyclic amines) is 1. The summed E-state index contributed by atoms with van der Waals surface area (Å²) in [6.07, 6.45) is 2.22. The van der Waals surface area contributed by atoms with Crippen LogP contribution in [-0.4, -0.2) is 61.0 Å². The van der Waals surface area contributed by atoms with Gasteiger partial charge in [0.25, 0.3) is 0 Å². The van der Waals surface area contributed by atoms with E-state index < -0.39 is 6.04 Å². The first-order chi connectivity index (χ1) is 11.6. The first kappa shape index (κ1) is 16.8. The van der Waals surface area contributed by atoms with Crippen molar-refractivity contribution in [3.63, 3.8) is 0 Å². The van der Waals surface area contributed by atoms with Crippen molar-refractivity contribution >= 4 is 11.9 Å². The average molecular weight is 330 g/mol. The van der Waals surface area contributed by atoms with Crippen molar-refractivity contribution in [1.29, 1.82) is 0 Å². The number of piperidine rings is 1. The lowest BCUT2D eigenvalue weighted by Crippen LogP contribution is -2.46. The quantitative estimate of drug-likeness (QED) is 0.848. The van der Waals surface area contributed by atoms with Crippen LogP contribution in [-0.2, 0) is 11.3 Å². The lowest BCUT2D eigenvalue weighted by molar-refractivity contribution is -0.132. The Hall–Kier alpha value is -2.08. The van der Waals surface area contributed by atoms with E-state index in [-0.39, 0.29) is 11.9 Å². The lowest BCUT2D eigenvalue weighted by atomic mass is 9.95. The first-order valence-electron chi connectivity index (χ1n) is 8.67. The van der Waals surface area contributed by atoms with E-state index in [4.69, 9.17) is 0 Å². The molecule has 24 heavy (non-hydrogen) atoms. The summed E-state index contributed by atoms with van der Waals surface area (Å²) >= 11 is 0. The molecule has 0 bridgehead atoms. The van der Waals surface area contributed by atoms with Gasteiger partial charge in [-0.2, -0.15) is 0 Å². The number of hydrogen-bond donors (Lipinski definition) is 2. The van der Waals surface area contributed by atoms with Crippen LogP contribution in [0.15, 0.2) is 30.3 Å². The van der Waals surface area contributed by atoms with E-state index in [1.165, 1.54) is 5.56 Å². The minimum Gasteiger partial charge on any atom is -0.344 e. The highest BCUT2D eigenvalue weighted by Crippen LogP contribution is 2.20. The number of amides is 3. The number of rotatable bonds is 5. The van der Waals surface area contributed by atoms with Crippen LogP contribution >= 0.6 is 0 Å². The van der Waals surface area contributed by atoms with E-state index in [1.807, 2.05) is 13.1 Å². The highest BCUT2D eigenvalue weighted by atomic mass is 16.2. The number of benzene rings is 1. The third-order valence-corrected chi connectivity index (χ3v) is 4.93. The number of urea groups is 1. The predicted molar refractivity (Wildman–Crippen MR) is 92.4 cm³/mol. The molecule has 2 aliphatic rings. The summed E-state index contributed by atoms with van der Waals surface area (Å²) in [7, 11) is 1.84. The van der Waals surface area contributed by atoms with Crippen LogP contribution < -0.4 is 10.6 Å². The van der Waals surface area contributed by atoms with Crippen molar-refractivity contribution in [3.05, 3.63) is 35.9 Å². The van der Waals surface area contributed by atoms with Gasteiger partial charge in [-0.3, -0.25) is 9.69 Å². The molecule has 1 aromatic rings. The van der Waals surface area contributed by atoms with Crippen LogP contribution in [0.2, 0.25) is 0 Å². The molecular formula is C18H26N4O2. The average Bonchev–Trinajstić information content (AvgIpc) is 3.03. The van der Waals surface area contributed by atoms with Crippen molar-refractivity contribution in [3.8, 4) is 0 Å². The summed E-state index contributed by atoms with van der Waals surface area (Å²) in [6.45, 7) is 4.30. The number of hydrogen-bond acceptors (Lipinski definition) is 3. The van der Waals surface area contributed by atoms with Gasteiger partial charge in [-0.25, -0.2) is 4.79 Å². The predicted octanol–water partition coefficient (Wildman–Crippen LogP) is 1.04. The molecule has 1 atom stereocenters. The molecule has 2 fully saturated rings. The highest BCUT2D eigenvalue weighted by Gasteiger charge is 2.30. The summed E-state index contributed by atoms with van der Waals surface area (Å²) in [5, 5.41) is 5.29. The second-order valence-corrected chi connectivity index (χ2v) is 6.83. The van der Waals surface area contributed by atoms with Gasteiger partial charge in [-0.05, 0) is 37.4 Å². The molecule has 6 nitrogen and oxygen atoms in total. The maximum Gasteiger partial charge on any atom is 0.315 e. The van der Waals surface area contributed by atoms with E-state index in [2.05, 4.69) is 39.8 Å². The fourth-order valence-electron chi connectivity index (χ4n) is 3.52. The first-order valence-corrected chi connectivity index (χ1v) is 8.67. The zero-order chi connectivity index (χ0) is 16.9. The van der Waals surface area contributed by atoms with Crippen LogP contribution in [0.1, 0.15) is 18.4 Å². The Bertz CT molecular complexity index is 570. The zero-order valence-electron chi connectivity index (χ0n) is 14.2. The third-order valence-electron chi connectivity index (χ3n) is 4.93. The van der Waals surface area contributed by atoms with Crippen molar-refractivity contribution in [2.24, 2.45) is 5.92 Å². The molecule has 0 aromatic heterocycles. The molecule has 2 heterocycles. The summed E-state index contributed by atoms with van der Waals surface area (Å²) in [6, 6.07) is 9.88. The van der Waals surface area contributed by atoms with Gasteiger partial charge < -0.3 is 15.5 Å². The molecule has 3 rings (SSSR count). The topological polar surface area (TPSA) is 64.7 Å². The zero-order valence-corrected chi connectivity index (χ0v) is 14.2. The summed E-state index contributed by atoms with van der Waals surface area (Å²) in [5.74, 6) is 0.538. The van der Waals surface area contributed by atoms with Crippen LogP contribution in [0.3, 0.4) is 0 Å². The van der Waals surface area contributed by atoms with Gasteiger partial charge in [0.05, 0.1) is 0 Å². The monoisotopic (exact) mass is 330 g/mol. The van der Waals surface area contributed by atoms with Gasteiger partial charge in [-0.15, -0.1) is 0 Å². The molecule has 0 radical (unpaired) electrons. The van der Waals surface area contributed by atoms with Crippen LogP contribution in [0, 0.1) is 5.92 Å². The molecule has 130 valence electrons. The summed E-state index contributed by atoms with van der Waals surface area (Å²) in [4.78, 5) is 27.7. The highest BCUT2D eigenvalue weighted by molar-refractivity contribution is 5.90. The molecule has 2 aliphatic heterocycles. The van der Waals surface area contributed by atoms with E-state index in [0.717, 1.165) is 39.0 Å². The van der Waals surface area contributed by atoms with E-state index in [1.54, 1.807) is 4.90 Å². The Kier molecular flexibility index (Phi) is 5.35. The number of nitrogens with zero attached hydrogens (tertiary/aromatic N) is 2. The van der Waals surface area contributed by atoms with Crippen LogP contribution in [0.5, 0.6) is 0 Å². The van der Waals surface area contributed by atoms with Crippen molar-refractivity contribution in [1.82, 2.24) is 20.4 Å². The molecule has 0 saturated carbocycles. The van der Waals surface area contributed by atoms with Gasteiger partial charge in [0.2, 0.25) is 5.91 Å². The van der Waals surface area contributed by atoms with Crippen molar-refractivity contribution in [2.75, 3.05) is 33.2 Å². The van der Waals surface area contributed by atoms with Gasteiger partial charge in [0, 0.05) is 26.7 Å². The van der Waals surface area contributed by atoms with Gasteiger partial charge in [0.1, 0.15) is 6.04 Å². The van der Waals surface area contributed by atoms with Gasteiger partial charge in [0.15, 0.2) is 0 Å². The van der Waals surface area contributed by atoms with Gasteiger partial charge >= 0.3 is 6.03 Å². The normalized spacial score (nSPS) is 22.0. The molecule has 0 unspecified atom stereocenters. The molecule has 0 aliphatic carbocycles. The third kappa shape index (κ3) is 4.26. The number of carbonyl (C=O) groups excluding carboxylic acids is 2. The van der Waals surface area contributed by atoms with Crippen molar-refractivity contribution < 1.29 is 9.59 Å². The maximum atomic E-state index is 12.3. The fraction of sp³-hybridized carbons (Fsp3) is 0.556. The second-order valence-electron chi connectivity index (χ2n) is 6.83. The Balaban J connectivity index is 1.41. The van der Waals surface area contributed by atoms with E-state index in [9.17, 15) is 9.59 Å². The minimum absolute atomic E-state index is 0.0000603. The Morgan fingerprint density at radius 1 is 1.25 bits per heavy atom. The minimum atomic E-state index is -0.416.